The largest absolute Gasteiger partial charge is 0.368 e. The molecule has 1 aliphatic heterocycles. The van der Waals surface area contributed by atoms with Gasteiger partial charge in [0.1, 0.15) is 23.2 Å². The van der Waals surface area contributed by atoms with E-state index in [1.54, 1.807) is 6.07 Å². The number of aromatic amines is 1. The molecule has 1 saturated heterocycles. The number of fused-ring (bicyclic) bond motifs is 3. The van der Waals surface area contributed by atoms with Crippen LogP contribution in [0.4, 0.5) is 10.2 Å². The molecular formula is C17H18FN5O. The van der Waals surface area contributed by atoms with Gasteiger partial charge in [0.2, 0.25) is 5.91 Å². The van der Waals surface area contributed by atoms with Crippen LogP contribution in [-0.4, -0.2) is 45.4 Å². The fourth-order valence-corrected chi connectivity index (χ4v) is 3.22. The number of aromatic nitrogens is 3. The monoisotopic (exact) mass is 327 g/mol. The summed E-state index contributed by atoms with van der Waals surface area (Å²) < 4.78 is 13.5. The highest BCUT2D eigenvalue weighted by atomic mass is 19.1. The number of likely N-dealkylation sites (tertiary alicyclic amines) is 1. The van der Waals surface area contributed by atoms with Gasteiger partial charge in [0.05, 0.1) is 0 Å². The number of hydrogen-bond donors (Lipinski definition) is 2. The van der Waals surface area contributed by atoms with E-state index in [-0.39, 0.29) is 11.7 Å². The van der Waals surface area contributed by atoms with Gasteiger partial charge in [-0.3, -0.25) is 4.79 Å². The van der Waals surface area contributed by atoms with Crippen molar-refractivity contribution >= 4 is 33.7 Å². The van der Waals surface area contributed by atoms with Crippen LogP contribution < -0.4 is 5.32 Å². The van der Waals surface area contributed by atoms with E-state index >= 15 is 0 Å². The van der Waals surface area contributed by atoms with E-state index in [2.05, 4.69) is 20.3 Å². The minimum atomic E-state index is -0.285. The Morgan fingerprint density at radius 2 is 2.25 bits per heavy atom. The summed E-state index contributed by atoms with van der Waals surface area (Å²) in [5, 5.41) is 4.04. The van der Waals surface area contributed by atoms with E-state index in [0.717, 1.165) is 42.4 Å². The average Bonchev–Trinajstić information content (AvgIpc) is 3.15. The summed E-state index contributed by atoms with van der Waals surface area (Å²) >= 11 is 0. The molecule has 1 fully saturated rings. The first-order chi connectivity index (χ1) is 11.7. The maximum Gasteiger partial charge on any atom is 0.222 e. The predicted octanol–water partition coefficient (Wildman–Crippen LogP) is 2.67. The van der Waals surface area contributed by atoms with Crippen molar-refractivity contribution in [2.45, 2.75) is 19.3 Å². The third kappa shape index (κ3) is 2.66. The second-order valence-electron chi connectivity index (χ2n) is 6.03. The molecule has 0 spiro atoms. The van der Waals surface area contributed by atoms with Crippen molar-refractivity contribution in [3.63, 3.8) is 0 Å². The van der Waals surface area contributed by atoms with Crippen LogP contribution in [0, 0.1) is 5.82 Å². The molecule has 0 aliphatic carbocycles. The SMILES string of the molecule is O=C1CCCN1CCCNc1ncnc2c1[nH]c1ccc(F)cc12. The zero-order chi connectivity index (χ0) is 16.5. The van der Waals surface area contributed by atoms with E-state index in [4.69, 9.17) is 0 Å². The third-order valence-electron chi connectivity index (χ3n) is 4.41. The van der Waals surface area contributed by atoms with Crippen molar-refractivity contribution in [1.29, 1.82) is 0 Å². The smallest absolute Gasteiger partial charge is 0.222 e. The molecule has 2 aromatic heterocycles. The van der Waals surface area contributed by atoms with Gasteiger partial charge in [0.15, 0.2) is 5.82 Å². The maximum atomic E-state index is 13.5. The standard InChI is InChI=1S/C17H18FN5O/c18-11-4-5-13-12(9-11)15-16(22-13)17(21-10-20-15)19-6-2-8-23-7-1-3-14(23)24/h4-5,9-10,22H,1-3,6-8H2,(H,19,20,21). The molecule has 0 saturated carbocycles. The molecule has 0 bridgehead atoms. The molecule has 0 unspecified atom stereocenters. The molecule has 7 heteroatoms. The summed E-state index contributed by atoms with van der Waals surface area (Å²) in [6, 6.07) is 4.60. The molecule has 4 rings (SSSR count). The Bertz CT molecular complexity index is 907. The predicted molar refractivity (Wildman–Crippen MR) is 90.3 cm³/mol. The molecule has 124 valence electrons. The van der Waals surface area contributed by atoms with Crippen LogP contribution in [0.5, 0.6) is 0 Å². The second kappa shape index (κ2) is 6.07. The Balaban J connectivity index is 1.50. The number of hydrogen-bond acceptors (Lipinski definition) is 4. The summed E-state index contributed by atoms with van der Waals surface area (Å²) in [6.45, 7) is 2.34. The topological polar surface area (TPSA) is 73.9 Å². The van der Waals surface area contributed by atoms with Gasteiger partial charge in [-0.05, 0) is 31.0 Å². The maximum absolute atomic E-state index is 13.5. The van der Waals surface area contributed by atoms with Crippen LogP contribution in [0.3, 0.4) is 0 Å². The lowest BCUT2D eigenvalue weighted by atomic mass is 10.2. The van der Waals surface area contributed by atoms with E-state index in [1.165, 1.54) is 18.5 Å². The lowest BCUT2D eigenvalue weighted by Crippen LogP contribution is -2.27. The lowest BCUT2D eigenvalue weighted by Gasteiger charge is -2.15. The Kier molecular flexibility index (Phi) is 3.76. The normalized spacial score (nSPS) is 14.9. The molecule has 24 heavy (non-hydrogen) atoms. The van der Waals surface area contributed by atoms with Crippen LogP contribution in [0.15, 0.2) is 24.5 Å². The summed E-state index contributed by atoms with van der Waals surface area (Å²) in [4.78, 5) is 25.3. The Morgan fingerprint density at radius 1 is 1.33 bits per heavy atom. The zero-order valence-electron chi connectivity index (χ0n) is 13.2. The van der Waals surface area contributed by atoms with Crippen molar-refractivity contribution < 1.29 is 9.18 Å². The highest BCUT2D eigenvalue weighted by Gasteiger charge is 2.19. The van der Waals surface area contributed by atoms with Gasteiger partial charge in [-0.15, -0.1) is 0 Å². The molecular weight excluding hydrogens is 309 g/mol. The van der Waals surface area contributed by atoms with E-state index in [1.807, 2.05) is 4.90 Å². The number of rotatable bonds is 5. The van der Waals surface area contributed by atoms with Gasteiger partial charge >= 0.3 is 0 Å². The van der Waals surface area contributed by atoms with Gasteiger partial charge in [-0.25, -0.2) is 14.4 Å². The number of carbonyl (C=O) groups is 1. The van der Waals surface area contributed by atoms with Gasteiger partial charge in [0.25, 0.3) is 0 Å². The van der Waals surface area contributed by atoms with Crippen LogP contribution in [0.2, 0.25) is 0 Å². The molecule has 3 aromatic rings. The number of H-pyrrole nitrogens is 1. The highest BCUT2D eigenvalue weighted by molar-refractivity contribution is 6.07. The van der Waals surface area contributed by atoms with Crippen LogP contribution in [0.25, 0.3) is 21.9 Å². The number of nitrogens with zero attached hydrogens (tertiary/aromatic N) is 3. The second-order valence-corrected chi connectivity index (χ2v) is 6.03. The van der Waals surface area contributed by atoms with E-state index < -0.39 is 0 Å². The Hall–Kier alpha value is -2.70. The number of nitrogens with one attached hydrogen (secondary N) is 2. The first kappa shape index (κ1) is 14.9. The Labute approximate surface area is 138 Å². The number of benzene rings is 1. The van der Waals surface area contributed by atoms with Gasteiger partial charge < -0.3 is 15.2 Å². The van der Waals surface area contributed by atoms with E-state index in [0.29, 0.717) is 24.3 Å². The molecule has 1 aromatic carbocycles. The van der Waals surface area contributed by atoms with Crippen LogP contribution >= 0.6 is 0 Å². The molecule has 0 radical (unpaired) electrons. The Morgan fingerprint density at radius 3 is 3.08 bits per heavy atom. The third-order valence-corrected chi connectivity index (χ3v) is 4.41. The minimum Gasteiger partial charge on any atom is -0.368 e. The van der Waals surface area contributed by atoms with Gasteiger partial charge in [-0.2, -0.15) is 0 Å². The van der Waals surface area contributed by atoms with Crippen molar-refractivity contribution in [3.05, 3.63) is 30.3 Å². The molecule has 1 aliphatic rings. The molecule has 2 N–H and O–H groups in total. The first-order valence-corrected chi connectivity index (χ1v) is 8.16. The minimum absolute atomic E-state index is 0.247. The average molecular weight is 327 g/mol. The number of halogens is 1. The molecule has 3 heterocycles. The van der Waals surface area contributed by atoms with Crippen molar-refractivity contribution in [2.75, 3.05) is 25.0 Å². The van der Waals surface area contributed by atoms with Crippen LogP contribution in [0.1, 0.15) is 19.3 Å². The highest BCUT2D eigenvalue weighted by Crippen LogP contribution is 2.27. The van der Waals surface area contributed by atoms with Crippen molar-refractivity contribution in [1.82, 2.24) is 19.9 Å². The summed E-state index contributed by atoms with van der Waals surface area (Å²) in [6.07, 6.45) is 3.97. The number of carbonyl (C=O) groups excluding carboxylic acids is 1. The van der Waals surface area contributed by atoms with Crippen LogP contribution in [-0.2, 0) is 4.79 Å². The summed E-state index contributed by atoms with van der Waals surface area (Å²) in [5.74, 6) is 0.660. The lowest BCUT2D eigenvalue weighted by molar-refractivity contribution is -0.127. The first-order valence-electron chi connectivity index (χ1n) is 8.16. The van der Waals surface area contributed by atoms with Gasteiger partial charge in [0, 0.05) is 37.0 Å². The quantitative estimate of drug-likeness (QED) is 0.707. The van der Waals surface area contributed by atoms with Crippen molar-refractivity contribution in [2.24, 2.45) is 0 Å². The molecule has 1 amide bonds. The fourth-order valence-electron chi connectivity index (χ4n) is 3.22. The zero-order valence-corrected chi connectivity index (χ0v) is 13.2. The van der Waals surface area contributed by atoms with Crippen molar-refractivity contribution in [3.8, 4) is 0 Å². The van der Waals surface area contributed by atoms with E-state index in [9.17, 15) is 9.18 Å². The van der Waals surface area contributed by atoms with Gasteiger partial charge in [-0.1, -0.05) is 0 Å². The molecule has 6 nitrogen and oxygen atoms in total. The summed E-state index contributed by atoms with van der Waals surface area (Å²) in [7, 11) is 0. The molecule has 0 atom stereocenters. The fraction of sp³-hybridized carbons (Fsp3) is 0.353. The summed E-state index contributed by atoms with van der Waals surface area (Å²) in [5.41, 5.74) is 2.31. The number of amides is 1. The number of anilines is 1.